The van der Waals surface area contributed by atoms with Crippen molar-refractivity contribution >= 4 is 34.9 Å². The number of nitrogens with one attached hydrogen (secondary N) is 1. The van der Waals surface area contributed by atoms with Gasteiger partial charge in [0.25, 0.3) is 0 Å². The molecule has 28 heavy (non-hydrogen) atoms. The first-order valence-electron chi connectivity index (χ1n) is 10.0. The molecule has 3 rings (SSSR count). The molecule has 0 radical (unpaired) electrons. The number of benzene rings is 1. The fourth-order valence-corrected chi connectivity index (χ4v) is 4.22. The van der Waals surface area contributed by atoms with Gasteiger partial charge >= 0.3 is 6.03 Å². The summed E-state index contributed by atoms with van der Waals surface area (Å²) in [4.78, 5) is 18.2. The lowest BCUT2D eigenvalue weighted by Gasteiger charge is -2.37. The number of carbonyl (C=O) groups is 1. The number of piperazine rings is 1. The summed E-state index contributed by atoms with van der Waals surface area (Å²) in [5.74, 6) is 0. The molecule has 0 bridgehead atoms. The molecule has 2 amide bonds. The van der Waals surface area contributed by atoms with Crippen LogP contribution in [-0.2, 0) is 0 Å². The van der Waals surface area contributed by atoms with Gasteiger partial charge in [-0.2, -0.15) is 0 Å². The molecule has 1 aliphatic heterocycles. The molecule has 1 atom stereocenters. The molecule has 1 fully saturated rings. The van der Waals surface area contributed by atoms with Crippen LogP contribution >= 0.6 is 23.2 Å². The Bertz CT molecular complexity index is 714. The molecule has 1 saturated heterocycles. The SMILES string of the molecule is CN(C)C(=O)NC1CC=C(CCN2CCN(c3cccc(Cl)c3Cl)CC2)CC1. The summed E-state index contributed by atoms with van der Waals surface area (Å²) >= 11 is 12.5. The maximum Gasteiger partial charge on any atom is 0.317 e. The number of halogens is 2. The van der Waals surface area contributed by atoms with Crippen molar-refractivity contribution in [3.05, 3.63) is 39.9 Å². The van der Waals surface area contributed by atoms with Gasteiger partial charge in [0.15, 0.2) is 0 Å². The summed E-state index contributed by atoms with van der Waals surface area (Å²) in [6, 6.07) is 6.10. The van der Waals surface area contributed by atoms with Crippen molar-refractivity contribution in [2.75, 3.05) is 51.7 Å². The van der Waals surface area contributed by atoms with E-state index in [-0.39, 0.29) is 12.1 Å². The highest BCUT2D eigenvalue weighted by molar-refractivity contribution is 6.43. The van der Waals surface area contributed by atoms with E-state index in [1.165, 1.54) is 5.57 Å². The maximum absolute atomic E-state index is 11.8. The summed E-state index contributed by atoms with van der Waals surface area (Å²) < 4.78 is 0. The normalized spacial score (nSPS) is 20.6. The lowest BCUT2D eigenvalue weighted by Crippen LogP contribution is -2.46. The predicted octanol–water partition coefficient (Wildman–Crippen LogP) is 4.26. The second-order valence-corrected chi connectivity index (χ2v) is 8.61. The van der Waals surface area contributed by atoms with Gasteiger partial charge < -0.3 is 15.1 Å². The largest absolute Gasteiger partial charge is 0.368 e. The number of nitrogens with zero attached hydrogens (tertiary/aromatic N) is 3. The predicted molar refractivity (Wildman–Crippen MR) is 118 cm³/mol. The number of carbonyl (C=O) groups excluding carboxylic acids is 1. The van der Waals surface area contributed by atoms with Gasteiger partial charge in [0.2, 0.25) is 0 Å². The van der Waals surface area contributed by atoms with Crippen LogP contribution in [0.25, 0.3) is 0 Å². The molecule has 1 aromatic carbocycles. The number of hydrogen-bond acceptors (Lipinski definition) is 3. The summed E-state index contributed by atoms with van der Waals surface area (Å²) in [5.41, 5.74) is 2.56. The van der Waals surface area contributed by atoms with Crippen LogP contribution in [0.2, 0.25) is 10.0 Å². The second kappa shape index (κ2) is 9.86. The Labute approximate surface area is 178 Å². The number of rotatable bonds is 5. The van der Waals surface area contributed by atoms with Gasteiger partial charge in [0.1, 0.15) is 0 Å². The molecule has 1 aliphatic carbocycles. The van der Waals surface area contributed by atoms with Crippen molar-refractivity contribution < 1.29 is 4.79 Å². The number of urea groups is 1. The van der Waals surface area contributed by atoms with Crippen molar-refractivity contribution in [3.8, 4) is 0 Å². The van der Waals surface area contributed by atoms with Crippen LogP contribution in [0.4, 0.5) is 10.5 Å². The van der Waals surface area contributed by atoms with Crippen molar-refractivity contribution in [1.29, 1.82) is 0 Å². The van der Waals surface area contributed by atoms with Gasteiger partial charge in [0.05, 0.1) is 15.7 Å². The molecule has 1 unspecified atom stereocenters. The Morgan fingerprint density at radius 2 is 1.96 bits per heavy atom. The number of amides is 2. The van der Waals surface area contributed by atoms with Gasteiger partial charge in [-0.1, -0.05) is 40.9 Å². The smallest absolute Gasteiger partial charge is 0.317 e. The van der Waals surface area contributed by atoms with Crippen LogP contribution in [-0.4, -0.2) is 68.7 Å². The molecule has 0 spiro atoms. The zero-order chi connectivity index (χ0) is 20.1. The van der Waals surface area contributed by atoms with E-state index in [9.17, 15) is 4.79 Å². The fourth-order valence-electron chi connectivity index (χ4n) is 3.80. The topological polar surface area (TPSA) is 38.8 Å². The van der Waals surface area contributed by atoms with E-state index in [0.717, 1.165) is 64.1 Å². The molecule has 0 aromatic heterocycles. The third-order valence-electron chi connectivity index (χ3n) is 5.63. The van der Waals surface area contributed by atoms with Crippen molar-refractivity contribution in [3.63, 3.8) is 0 Å². The minimum atomic E-state index is -0.000437. The molecule has 5 nitrogen and oxygen atoms in total. The monoisotopic (exact) mass is 424 g/mol. The van der Waals surface area contributed by atoms with Gasteiger partial charge in [0, 0.05) is 52.9 Å². The highest BCUT2D eigenvalue weighted by Crippen LogP contribution is 2.33. The molecule has 1 heterocycles. The van der Waals surface area contributed by atoms with E-state index >= 15 is 0 Å². The van der Waals surface area contributed by atoms with E-state index < -0.39 is 0 Å². The highest BCUT2D eigenvalue weighted by Gasteiger charge is 2.21. The van der Waals surface area contributed by atoms with E-state index in [4.69, 9.17) is 23.2 Å². The highest BCUT2D eigenvalue weighted by atomic mass is 35.5. The molecular weight excluding hydrogens is 395 g/mol. The number of hydrogen-bond donors (Lipinski definition) is 1. The zero-order valence-electron chi connectivity index (χ0n) is 16.8. The maximum atomic E-state index is 11.8. The van der Waals surface area contributed by atoms with Crippen LogP contribution in [0, 0.1) is 0 Å². The summed E-state index contributed by atoms with van der Waals surface area (Å²) in [7, 11) is 3.55. The molecule has 2 aliphatic rings. The summed E-state index contributed by atoms with van der Waals surface area (Å²) in [6.07, 6.45) is 6.50. The second-order valence-electron chi connectivity index (χ2n) is 7.83. The fraction of sp³-hybridized carbons (Fsp3) is 0.571. The van der Waals surface area contributed by atoms with Gasteiger partial charge in [-0.05, 0) is 37.8 Å². The summed E-state index contributed by atoms with van der Waals surface area (Å²) in [6.45, 7) is 5.11. The van der Waals surface area contributed by atoms with Crippen LogP contribution in [0.5, 0.6) is 0 Å². The van der Waals surface area contributed by atoms with E-state index in [1.54, 1.807) is 19.0 Å². The number of anilines is 1. The van der Waals surface area contributed by atoms with Crippen LogP contribution in [0.3, 0.4) is 0 Å². The van der Waals surface area contributed by atoms with E-state index in [1.807, 2.05) is 18.2 Å². The van der Waals surface area contributed by atoms with Crippen molar-refractivity contribution in [2.45, 2.75) is 31.7 Å². The third-order valence-corrected chi connectivity index (χ3v) is 6.44. The summed E-state index contributed by atoms with van der Waals surface area (Å²) in [5, 5.41) is 4.35. The van der Waals surface area contributed by atoms with Crippen LogP contribution in [0.15, 0.2) is 29.8 Å². The lowest BCUT2D eigenvalue weighted by atomic mass is 9.93. The van der Waals surface area contributed by atoms with Crippen LogP contribution in [0.1, 0.15) is 25.7 Å². The average Bonchev–Trinajstić information content (AvgIpc) is 2.70. The standard InChI is InChI=1S/C21H30Cl2N4O/c1-25(2)21(28)24-17-8-6-16(7-9-17)10-11-26-12-14-27(15-13-26)19-5-3-4-18(22)20(19)23/h3-6,17H,7-15H2,1-2H3,(H,24,28). The zero-order valence-corrected chi connectivity index (χ0v) is 18.3. The van der Waals surface area contributed by atoms with E-state index in [2.05, 4.69) is 21.2 Å². The van der Waals surface area contributed by atoms with Crippen molar-refractivity contribution in [1.82, 2.24) is 15.1 Å². The Morgan fingerprint density at radius 3 is 2.61 bits per heavy atom. The Hall–Kier alpha value is -1.43. The minimum Gasteiger partial charge on any atom is -0.368 e. The van der Waals surface area contributed by atoms with Gasteiger partial charge in [-0.25, -0.2) is 4.79 Å². The van der Waals surface area contributed by atoms with Crippen LogP contribution < -0.4 is 10.2 Å². The van der Waals surface area contributed by atoms with Gasteiger partial charge in [-0.3, -0.25) is 4.90 Å². The third kappa shape index (κ3) is 5.56. The molecule has 0 saturated carbocycles. The molecule has 1 aromatic rings. The van der Waals surface area contributed by atoms with Gasteiger partial charge in [-0.15, -0.1) is 0 Å². The average molecular weight is 425 g/mol. The quantitative estimate of drug-likeness (QED) is 0.717. The molecule has 1 N–H and O–H groups in total. The molecular formula is C21H30Cl2N4O. The lowest BCUT2D eigenvalue weighted by molar-refractivity contribution is 0.212. The first-order chi connectivity index (χ1) is 13.4. The first kappa shape index (κ1) is 21.3. The molecule has 7 heteroatoms. The van der Waals surface area contributed by atoms with Crippen molar-refractivity contribution in [2.24, 2.45) is 0 Å². The minimum absolute atomic E-state index is 0.000437. The first-order valence-corrected chi connectivity index (χ1v) is 10.8. The molecule has 154 valence electrons. The Kier molecular flexibility index (Phi) is 7.49. The Balaban J connectivity index is 1.41. The Morgan fingerprint density at radius 1 is 1.21 bits per heavy atom. The van der Waals surface area contributed by atoms with E-state index in [0.29, 0.717) is 10.0 Å².